The van der Waals surface area contributed by atoms with E-state index < -0.39 is 0 Å². The lowest BCUT2D eigenvalue weighted by Crippen LogP contribution is -2.41. The van der Waals surface area contributed by atoms with Gasteiger partial charge < -0.3 is 24.3 Å². The van der Waals surface area contributed by atoms with Gasteiger partial charge >= 0.3 is 0 Å². The molecular weight excluding hydrogens is 587 g/mol. The van der Waals surface area contributed by atoms with Crippen LogP contribution >= 0.6 is 23.2 Å². The number of hydrogen-bond acceptors (Lipinski definition) is 6. The highest BCUT2D eigenvalue weighted by Gasteiger charge is 2.43. The number of likely N-dealkylation sites (tertiary alicyclic amines) is 2. The number of para-hydroxylation sites is 2. The first kappa shape index (κ1) is 28.2. The average Bonchev–Trinajstić information content (AvgIpc) is 3.78. The fraction of sp³-hybridized carbons (Fsp3) is 0.364. The van der Waals surface area contributed by atoms with Crippen molar-refractivity contribution in [2.75, 3.05) is 39.5 Å². The Morgan fingerprint density at radius 3 is 2.60 bits per heavy atom. The molecule has 222 valence electrons. The highest BCUT2D eigenvalue weighted by molar-refractivity contribution is 6.36. The van der Waals surface area contributed by atoms with Gasteiger partial charge in [0.05, 0.1) is 21.6 Å². The molecule has 0 bridgehead atoms. The average molecular weight is 620 g/mol. The van der Waals surface area contributed by atoms with E-state index in [9.17, 15) is 9.59 Å². The summed E-state index contributed by atoms with van der Waals surface area (Å²) in [6, 6.07) is 18.9. The third-order valence-corrected chi connectivity index (χ3v) is 9.82. The van der Waals surface area contributed by atoms with Gasteiger partial charge in [-0.15, -0.1) is 0 Å². The molecule has 3 aliphatic heterocycles. The van der Waals surface area contributed by atoms with E-state index in [1.807, 2.05) is 35.2 Å². The summed E-state index contributed by atoms with van der Waals surface area (Å²) in [5.41, 5.74) is 3.06. The van der Waals surface area contributed by atoms with Crippen LogP contribution in [0.2, 0.25) is 10.0 Å². The van der Waals surface area contributed by atoms with Crippen LogP contribution in [0.5, 0.6) is 11.5 Å². The molecular formula is C33H32Cl2N4O4. The van der Waals surface area contributed by atoms with Crippen LogP contribution in [0.25, 0.3) is 11.0 Å². The molecule has 1 aromatic heterocycles. The quantitative estimate of drug-likeness (QED) is 0.242. The molecule has 8 nitrogen and oxygen atoms in total. The summed E-state index contributed by atoms with van der Waals surface area (Å²) < 4.78 is 11.3. The van der Waals surface area contributed by atoms with E-state index in [-0.39, 0.29) is 29.8 Å². The molecule has 3 aliphatic rings. The summed E-state index contributed by atoms with van der Waals surface area (Å²) in [6.45, 7) is 3.97. The smallest absolute Gasteiger partial charge is 0.255 e. The summed E-state index contributed by atoms with van der Waals surface area (Å²) >= 11 is 12.5. The van der Waals surface area contributed by atoms with Gasteiger partial charge in [-0.1, -0.05) is 41.4 Å². The lowest BCUT2D eigenvalue weighted by molar-refractivity contribution is 0.0779. The SMILES string of the molecule is O=C(c1nc2ccccc2[nH]1)C1CCN(CCC2(c3ccc4c(c3)OCO4)CCN(C(=O)c3ccc(Cl)cc3Cl)C2)CC1. The molecule has 1 amide bonds. The number of hydrogen-bond donors (Lipinski definition) is 1. The third kappa shape index (κ3) is 5.48. The number of piperidine rings is 1. The van der Waals surface area contributed by atoms with Gasteiger partial charge in [0.25, 0.3) is 5.91 Å². The van der Waals surface area contributed by atoms with Crippen LogP contribution in [-0.2, 0) is 5.41 Å². The Kier molecular flexibility index (Phi) is 7.53. The number of rotatable bonds is 7. The van der Waals surface area contributed by atoms with Gasteiger partial charge in [-0.2, -0.15) is 0 Å². The van der Waals surface area contributed by atoms with Crippen molar-refractivity contribution in [2.45, 2.75) is 31.1 Å². The first-order chi connectivity index (χ1) is 20.9. The number of imidazole rings is 1. The van der Waals surface area contributed by atoms with Gasteiger partial charge in [-0.3, -0.25) is 9.59 Å². The molecule has 2 fully saturated rings. The molecule has 43 heavy (non-hydrogen) atoms. The molecule has 0 aliphatic carbocycles. The van der Waals surface area contributed by atoms with E-state index in [2.05, 4.69) is 27.0 Å². The highest BCUT2D eigenvalue weighted by atomic mass is 35.5. The molecule has 10 heteroatoms. The molecule has 0 spiro atoms. The number of ether oxygens (including phenoxy) is 2. The van der Waals surface area contributed by atoms with Crippen molar-refractivity contribution in [3.8, 4) is 11.5 Å². The Bertz CT molecular complexity index is 1670. The predicted molar refractivity (Wildman–Crippen MR) is 165 cm³/mol. The molecule has 1 atom stereocenters. The normalized spacial score (nSPS) is 20.7. The molecule has 4 heterocycles. The summed E-state index contributed by atoms with van der Waals surface area (Å²) in [6.07, 6.45) is 3.29. The number of amides is 1. The van der Waals surface area contributed by atoms with Crippen LogP contribution in [0, 0.1) is 5.92 Å². The van der Waals surface area contributed by atoms with Crippen molar-refractivity contribution >= 4 is 45.9 Å². The van der Waals surface area contributed by atoms with E-state index in [4.69, 9.17) is 32.7 Å². The van der Waals surface area contributed by atoms with E-state index in [0.717, 1.165) is 73.4 Å². The molecule has 2 saturated heterocycles. The van der Waals surface area contributed by atoms with Gasteiger partial charge in [0.15, 0.2) is 17.3 Å². The molecule has 1 N–H and O–H groups in total. The standard InChI is InChI=1S/C33H32Cl2N4O4/c34-23-6-7-24(25(35)18-23)32(41)39-16-12-33(19-39,22-5-8-28-29(17-22)43-20-42-28)11-15-38-13-9-21(10-14-38)30(40)31-36-26-3-1-2-4-27(26)37-31/h1-8,17-18,21H,9-16,19-20H2,(H,36,37). The second-order valence-electron chi connectivity index (χ2n) is 11.8. The van der Waals surface area contributed by atoms with Crippen LogP contribution in [0.4, 0.5) is 0 Å². The zero-order valence-corrected chi connectivity index (χ0v) is 25.2. The summed E-state index contributed by atoms with van der Waals surface area (Å²) in [4.78, 5) is 38.9. The first-order valence-corrected chi connectivity index (χ1v) is 15.5. The lowest BCUT2D eigenvalue weighted by Gasteiger charge is -2.36. The second-order valence-corrected chi connectivity index (χ2v) is 12.6. The van der Waals surface area contributed by atoms with E-state index in [1.165, 1.54) is 0 Å². The van der Waals surface area contributed by atoms with Crippen LogP contribution in [0.15, 0.2) is 60.7 Å². The van der Waals surface area contributed by atoms with E-state index in [0.29, 0.717) is 34.5 Å². The minimum atomic E-state index is -0.253. The lowest BCUT2D eigenvalue weighted by atomic mass is 9.76. The fourth-order valence-electron chi connectivity index (χ4n) is 6.74. The number of carbonyl (C=O) groups is 2. The number of halogens is 2. The van der Waals surface area contributed by atoms with Crippen molar-refractivity contribution in [2.24, 2.45) is 5.92 Å². The largest absolute Gasteiger partial charge is 0.454 e. The van der Waals surface area contributed by atoms with Crippen LogP contribution in [-0.4, -0.2) is 71.0 Å². The number of H-pyrrole nitrogens is 1. The number of ketones is 1. The summed E-state index contributed by atoms with van der Waals surface area (Å²) in [5.74, 6) is 1.91. The van der Waals surface area contributed by atoms with Crippen molar-refractivity contribution in [1.82, 2.24) is 19.8 Å². The van der Waals surface area contributed by atoms with Gasteiger partial charge in [0, 0.05) is 29.4 Å². The zero-order valence-electron chi connectivity index (χ0n) is 23.7. The minimum absolute atomic E-state index is 0.0386. The van der Waals surface area contributed by atoms with E-state index in [1.54, 1.807) is 18.2 Å². The number of carbonyl (C=O) groups excluding carboxylic acids is 2. The van der Waals surface area contributed by atoms with Gasteiger partial charge in [0.1, 0.15) is 0 Å². The maximum atomic E-state index is 13.6. The highest BCUT2D eigenvalue weighted by Crippen LogP contribution is 2.43. The number of benzene rings is 3. The Morgan fingerprint density at radius 1 is 0.977 bits per heavy atom. The monoisotopic (exact) mass is 618 g/mol. The predicted octanol–water partition coefficient (Wildman–Crippen LogP) is 6.37. The van der Waals surface area contributed by atoms with Crippen LogP contribution in [0.1, 0.15) is 52.2 Å². The minimum Gasteiger partial charge on any atom is -0.454 e. The summed E-state index contributed by atoms with van der Waals surface area (Å²) in [7, 11) is 0. The Labute approximate surface area is 259 Å². The molecule has 0 saturated carbocycles. The molecule has 3 aromatic carbocycles. The topological polar surface area (TPSA) is 87.8 Å². The number of Topliss-reactive ketones (excluding diaryl/α,β-unsaturated/α-hetero) is 1. The van der Waals surface area contributed by atoms with Crippen molar-refractivity contribution < 1.29 is 19.1 Å². The molecule has 0 radical (unpaired) electrons. The van der Waals surface area contributed by atoms with Crippen molar-refractivity contribution in [1.29, 1.82) is 0 Å². The first-order valence-electron chi connectivity index (χ1n) is 14.7. The maximum Gasteiger partial charge on any atom is 0.255 e. The van der Waals surface area contributed by atoms with Crippen molar-refractivity contribution in [3.05, 3.63) is 87.7 Å². The Morgan fingerprint density at radius 2 is 1.79 bits per heavy atom. The Balaban J connectivity index is 1.05. The van der Waals surface area contributed by atoms with E-state index >= 15 is 0 Å². The number of nitrogens with one attached hydrogen (secondary N) is 1. The van der Waals surface area contributed by atoms with Gasteiger partial charge in [0.2, 0.25) is 12.6 Å². The molecule has 4 aromatic rings. The summed E-state index contributed by atoms with van der Waals surface area (Å²) in [5, 5.41) is 0.860. The van der Waals surface area contributed by atoms with Crippen molar-refractivity contribution in [3.63, 3.8) is 0 Å². The number of nitrogens with zero attached hydrogens (tertiary/aromatic N) is 3. The number of aromatic amines is 1. The molecule has 7 rings (SSSR count). The van der Waals surface area contributed by atoms with Gasteiger partial charge in [-0.05, 0) is 93.3 Å². The zero-order chi connectivity index (χ0) is 29.6. The number of aromatic nitrogens is 2. The number of fused-ring (bicyclic) bond motifs is 2. The van der Waals surface area contributed by atoms with Crippen LogP contribution in [0.3, 0.4) is 0 Å². The second kappa shape index (κ2) is 11.5. The maximum absolute atomic E-state index is 13.6. The fourth-order valence-corrected chi connectivity index (χ4v) is 7.23. The van der Waals surface area contributed by atoms with Crippen LogP contribution < -0.4 is 9.47 Å². The third-order valence-electron chi connectivity index (χ3n) is 9.28. The Hall–Kier alpha value is -3.59. The molecule has 1 unspecified atom stereocenters. The van der Waals surface area contributed by atoms with Gasteiger partial charge in [-0.25, -0.2) is 4.98 Å².